The lowest BCUT2D eigenvalue weighted by molar-refractivity contribution is 0.589. The van der Waals surface area contributed by atoms with Crippen molar-refractivity contribution >= 4 is 5.69 Å². The highest BCUT2D eigenvalue weighted by Crippen LogP contribution is 2.34. The van der Waals surface area contributed by atoms with E-state index in [0.29, 0.717) is 0 Å². The molecule has 1 N–H and O–H groups in total. The Kier molecular flexibility index (Phi) is 3.32. The van der Waals surface area contributed by atoms with E-state index in [-0.39, 0.29) is 0 Å². The molecule has 1 saturated carbocycles. The van der Waals surface area contributed by atoms with Gasteiger partial charge >= 0.3 is 0 Å². The standard InChI is InChI=1S/C15H22N2/c1-2-4-13(3-1)14-5-7-15(8-6-14)17-11-9-16-10-12-17/h5-8,13,16H,1-4,9-12H2. The fraction of sp³-hybridized carbons (Fsp3) is 0.600. The fourth-order valence-electron chi connectivity index (χ4n) is 3.14. The van der Waals surface area contributed by atoms with E-state index in [1.807, 2.05) is 0 Å². The summed E-state index contributed by atoms with van der Waals surface area (Å²) >= 11 is 0. The number of rotatable bonds is 2. The maximum Gasteiger partial charge on any atom is 0.0367 e. The summed E-state index contributed by atoms with van der Waals surface area (Å²) in [5.41, 5.74) is 2.95. The molecule has 1 aliphatic carbocycles. The fourth-order valence-corrected chi connectivity index (χ4v) is 3.14. The van der Waals surface area contributed by atoms with Crippen molar-refractivity contribution in [3.8, 4) is 0 Å². The Morgan fingerprint density at radius 3 is 2.24 bits per heavy atom. The van der Waals surface area contributed by atoms with Crippen LogP contribution in [0.3, 0.4) is 0 Å². The molecule has 1 aliphatic heterocycles. The lowest BCUT2D eigenvalue weighted by atomic mass is 9.97. The predicted molar refractivity (Wildman–Crippen MR) is 72.7 cm³/mol. The van der Waals surface area contributed by atoms with E-state index >= 15 is 0 Å². The summed E-state index contributed by atoms with van der Waals surface area (Å²) in [5, 5.41) is 3.40. The second-order valence-electron chi connectivity index (χ2n) is 5.31. The van der Waals surface area contributed by atoms with Gasteiger partial charge in [0.2, 0.25) is 0 Å². The number of anilines is 1. The molecule has 0 amide bonds. The number of nitrogens with one attached hydrogen (secondary N) is 1. The second-order valence-corrected chi connectivity index (χ2v) is 5.31. The molecule has 0 atom stereocenters. The van der Waals surface area contributed by atoms with E-state index < -0.39 is 0 Å². The van der Waals surface area contributed by atoms with Crippen molar-refractivity contribution in [3.05, 3.63) is 29.8 Å². The van der Waals surface area contributed by atoms with Crippen LogP contribution in [0.15, 0.2) is 24.3 Å². The maximum absolute atomic E-state index is 3.40. The molecule has 3 rings (SSSR count). The Bertz CT molecular complexity index is 346. The molecule has 1 aromatic rings. The van der Waals surface area contributed by atoms with Gasteiger partial charge in [0, 0.05) is 31.9 Å². The first kappa shape index (κ1) is 11.1. The van der Waals surface area contributed by atoms with Crippen LogP contribution in [0.1, 0.15) is 37.2 Å². The van der Waals surface area contributed by atoms with Crippen molar-refractivity contribution < 1.29 is 0 Å². The molecule has 2 heteroatoms. The summed E-state index contributed by atoms with van der Waals surface area (Å²) in [7, 11) is 0. The lowest BCUT2D eigenvalue weighted by Gasteiger charge is -2.29. The molecule has 1 aromatic carbocycles. The minimum Gasteiger partial charge on any atom is -0.369 e. The normalized spacial score (nSPS) is 22.0. The molecule has 0 bridgehead atoms. The molecule has 1 heterocycles. The summed E-state index contributed by atoms with van der Waals surface area (Å²) in [6.07, 6.45) is 5.63. The van der Waals surface area contributed by atoms with Crippen molar-refractivity contribution in [2.75, 3.05) is 31.1 Å². The molecule has 0 spiro atoms. The quantitative estimate of drug-likeness (QED) is 0.840. The summed E-state index contributed by atoms with van der Waals surface area (Å²) < 4.78 is 0. The van der Waals surface area contributed by atoms with E-state index in [9.17, 15) is 0 Å². The lowest BCUT2D eigenvalue weighted by Crippen LogP contribution is -2.43. The van der Waals surface area contributed by atoms with Gasteiger partial charge in [-0.15, -0.1) is 0 Å². The molecular formula is C15H22N2. The predicted octanol–water partition coefficient (Wildman–Crippen LogP) is 2.75. The zero-order chi connectivity index (χ0) is 11.5. The third-order valence-electron chi connectivity index (χ3n) is 4.20. The molecule has 0 radical (unpaired) electrons. The Balaban J connectivity index is 1.70. The summed E-state index contributed by atoms with van der Waals surface area (Å²) in [6, 6.07) is 9.35. The Morgan fingerprint density at radius 2 is 1.59 bits per heavy atom. The van der Waals surface area contributed by atoms with Crippen LogP contribution in [0, 0.1) is 0 Å². The molecule has 92 valence electrons. The van der Waals surface area contributed by atoms with Gasteiger partial charge in [0.1, 0.15) is 0 Å². The first-order valence-corrected chi connectivity index (χ1v) is 6.99. The molecule has 2 fully saturated rings. The molecule has 0 aromatic heterocycles. The molecule has 2 aliphatic rings. The smallest absolute Gasteiger partial charge is 0.0367 e. The van der Waals surface area contributed by atoms with Gasteiger partial charge in [0.25, 0.3) is 0 Å². The van der Waals surface area contributed by atoms with Crippen LogP contribution in [0.4, 0.5) is 5.69 Å². The highest BCUT2D eigenvalue weighted by Gasteiger charge is 2.17. The zero-order valence-electron chi connectivity index (χ0n) is 10.5. The minimum atomic E-state index is 0.840. The topological polar surface area (TPSA) is 15.3 Å². The summed E-state index contributed by atoms with van der Waals surface area (Å²) in [5.74, 6) is 0.840. The van der Waals surface area contributed by atoms with Gasteiger partial charge in [-0.05, 0) is 36.5 Å². The third-order valence-corrected chi connectivity index (χ3v) is 4.20. The summed E-state index contributed by atoms with van der Waals surface area (Å²) in [6.45, 7) is 4.51. The molecular weight excluding hydrogens is 208 g/mol. The number of nitrogens with zero attached hydrogens (tertiary/aromatic N) is 1. The van der Waals surface area contributed by atoms with Crippen LogP contribution >= 0.6 is 0 Å². The largest absolute Gasteiger partial charge is 0.369 e. The van der Waals surface area contributed by atoms with Crippen LogP contribution in [0.5, 0.6) is 0 Å². The van der Waals surface area contributed by atoms with E-state index in [4.69, 9.17) is 0 Å². The average Bonchev–Trinajstić information content (AvgIpc) is 2.94. The van der Waals surface area contributed by atoms with Crippen LogP contribution in [-0.2, 0) is 0 Å². The van der Waals surface area contributed by atoms with E-state index in [2.05, 4.69) is 34.5 Å². The van der Waals surface area contributed by atoms with Crippen molar-refractivity contribution in [2.24, 2.45) is 0 Å². The Labute approximate surface area is 104 Å². The van der Waals surface area contributed by atoms with Crippen LogP contribution < -0.4 is 10.2 Å². The second kappa shape index (κ2) is 5.09. The first-order valence-electron chi connectivity index (χ1n) is 6.99. The van der Waals surface area contributed by atoms with Gasteiger partial charge in [0.15, 0.2) is 0 Å². The monoisotopic (exact) mass is 230 g/mol. The highest BCUT2D eigenvalue weighted by atomic mass is 15.2. The van der Waals surface area contributed by atoms with E-state index in [1.54, 1.807) is 5.56 Å². The van der Waals surface area contributed by atoms with Gasteiger partial charge in [-0.2, -0.15) is 0 Å². The number of hydrogen-bond acceptors (Lipinski definition) is 2. The molecule has 17 heavy (non-hydrogen) atoms. The number of piperazine rings is 1. The molecule has 0 unspecified atom stereocenters. The van der Waals surface area contributed by atoms with E-state index in [1.165, 1.54) is 31.4 Å². The molecule has 1 saturated heterocycles. The minimum absolute atomic E-state index is 0.840. The van der Waals surface area contributed by atoms with Gasteiger partial charge in [0.05, 0.1) is 0 Å². The van der Waals surface area contributed by atoms with Gasteiger partial charge in [-0.25, -0.2) is 0 Å². The van der Waals surface area contributed by atoms with Crippen LogP contribution in [0.25, 0.3) is 0 Å². The summed E-state index contributed by atoms with van der Waals surface area (Å²) in [4.78, 5) is 2.48. The average molecular weight is 230 g/mol. The number of benzene rings is 1. The van der Waals surface area contributed by atoms with E-state index in [0.717, 1.165) is 32.1 Å². The highest BCUT2D eigenvalue weighted by molar-refractivity contribution is 5.48. The Hall–Kier alpha value is -1.02. The van der Waals surface area contributed by atoms with Crippen molar-refractivity contribution in [2.45, 2.75) is 31.6 Å². The third kappa shape index (κ3) is 2.47. The molecule has 2 nitrogen and oxygen atoms in total. The van der Waals surface area contributed by atoms with Crippen molar-refractivity contribution in [3.63, 3.8) is 0 Å². The van der Waals surface area contributed by atoms with Gasteiger partial charge in [-0.1, -0.05) is 25.0 Å². The van der Waals surface area contributed by atoms with Crippen molar-refractivity contribution in [1.29, 1.82) is 0 Å². The van der Waals surface area contributed by atoms with Crippen LogP contribution in [-0.4, -0.2) is 26.2 Å². The Morgan fingerprint density at radius 1 is 0.941 bits per heavy atom. The number of hydrogen-bond donors (Lipinski definition) is 1. The van der Waals surface area contributed by atoms with Gasteiger partial charge < -0.3 is 10.2 Å². The zero-order valence-corrected chi connectivity index (χ0v) is 10.5. The first-order chi connectivity index (χ1) is 8.43. The van der Waals surface area contributed by atoms with Crippen LogP contribution in [0.2, 0.25) is 0 Å². The van der Waals surface area contributed by atoms with Gasteiger partial charge in [-0.3, -0.25) is 0 Å². The SMILES string of the molecule is c1cc(N2CCNCC2)ccc1C1CCCC1. The maximum atomic E-state index is 3.40. The van der Waals surface area contributed by atoms with Crippen molar-refractivity contribution in [1.82, 2.24) is 5.32 Å².